The molecule has 3 aromatic rings. The maximum Gasteiger partial charge on any atom is 0.407 e. The largest absolute Gasteiger partial charge is 0.445 e. The smallest absolute Gasteiger partial charge is 0.407 e. The highest BCUT2D eigenvalue weighted by Gasteiger charge is 2.16. The lowest BCUT2D eigenvalue weighted by atomic mass is 10.1. The first-order valence-electron chi connectivity index (χ1n) is 12.5. The molecular weight excluding hydrogens is 504 g/mol. The molecule has 0 unspecified atom stereocenters. The van der Waals surface area contributed by atoms with Gasteiger partial charge in [-0.1, -0.05) is 48.0 Å². The molecule has 202 valence electrons. The number of halogens is 1. The standard InChI is InChI=1S/C29H35ClN4O4/c1-20-13-15-34(32-14-12-21-8-6-5-7-9-21)27(36)25(20)17-26(35)31-18-23-16-24(30)11-10-22(23)19-38-28(37)33-29(2,3)4/h5-11,13,15-16,32H,12,14,17-19H2,1-4H3,(H,31,35)(H,33,37). The highest BCUT2D eigenvalue weighted by atomic mass is 35.5. The number of aryl methyl sites for hydroxylation is 1. The zero-order chi connectivity index (χ0) is 27.7. The van der Waals surface area contributed by atoms with Crippen LogP contribution in [0.1, 0.15) is 48.6 Å². The van der Waals surface area contributed by atoms with Crippen molar-refractivity contribution in [3.8, 4) is 0 Å². The monoisotopic (exact) mass is 538 g/mol. The molecule has 1 aromatic heterocycles. The van der Waals surface area contributed by atoms with Crippen molar-refractivity contribution in [3.05, 3.63) is 104 Å². The molecule has 0 saturated carbocycles. The van der Waals surface area contributed by atoms with E-state index in [-0.39, 0.29) is 31.0 Å². The number of nitrogens with zero attached hydrogens (tertiary/aromatic N) is 1. The Hall–Kier alpha value is -3.78. The van der Waals surface area contributed by atoms with Gasteiger partial charge in [-0.25, -0.2) is 9.47 Å². The first-order chi connectivity index (χ1) is 18.0. The molecule has 38 heavy (non-hydrogen) atoms. The second-order valence-electron chi connectivity index (χ2n) is 10.1. The minimum atomic E-state index is -0.532. The zero-order valence-corrected chi connectivity index (χ0v) is 23.0. The number of nitrogens with one attached hydrogen (secondary N) is 3. The Bertz CT molecular complexity index is 1320. The maximum absolute atomic E-state index is 13.0. The summed E-state index contributed by atoms with van der Waals surface area (Å²) < 4.78 is 6.76. The van der Waals surface area contributed by atoms with Crippen molar-refractivity contribution in [3.63, 3.8) is 0 Å². The van der Waals surface area contributed by atoms with E-state index < -0.39 is 11.6 Å². The van der Waals surface area contributed by atoms with Crippen LogP contribution in [0.4, 0.5) is 4.79 Å². The van der Waals surface area contributed by atoms with Crippen LogP contribution in [0.5, 0.6) is 0 Å². The number of ether oxygens (including phenoxy) is 1. The Morgan fingerprint density at radius 1 is 1.03 bits per heavy atom. The molecule has 3 N–H and O–H groups in total. The number of rotatable bonds is 10. The predicted molar refractivity (Wildman–Crippen MR) is 150 cm³/mol. The number of carbonyl (C=O) groups excluding carboxylic acids is 2. The predicted octanol–water partition coefficient (Wildman–Crippen LogP) is 4.48. The van der Waals surface area contributed by atoms with Crippen LogP contribution in [-0.4, -0.2) is 28.8 Å². The van der Waals surface area contributed by atoms with Crippen molar-refractivity contribution in [1.82, 2.24) is 15.3 Å². The summed E-state index contributed by atoms with van der Waals surface area (Å²) in [5, 5.41) is 6.10. The van der Waals surface area contributed by atoms with Gasteiger partial charge in [-0.05, 0) is 74.6 Å². The average Bonchev–Trinajstić information content (AvgIpc) is 2.85. The summed E-state index contributed by atoms with van der Waals surface area (Å²) in [5.41, 5.74) is 6.23. The van der Waals surface area contributed by atoms with E-state index in [9.17, 15) is 14.4 Å². The van der Waals surface area contributed by atoms with Gasteiger partial charge in [-0.15, -0.1) is 0 Å². The summed E-state index contributed by atoms with van der Waals surface area (Å²) in [4.78, 5) is 37.9. The molecule has 0 saturated heterocycles. The number of hydrogen-bond acceptors (Lipinski definition) is 5. The van der Waals surface area contributed by atoms with Crippen LogP contribution in [0.25, 0.3) is 0 Å². The highest BCUT2D eigenvalue weighted by molar-refractivity contribution is 6.30. The molecule has 8 nitrogen and oxygen atoms in total. The van der Waals surface area contributed by atoms with Gasteiger partial charge < -0.3 is 20.8 Å². The van der Waals surface area contributed by atoms with E-state index in [1.54, 1.807) is 24.4 Å². The number of carbonyl (C=O) groups is 2. The van der Waals surface area contributed by atoms with Crippen LogP contribution in [0, 0.1) is 6.92 Å². The fraction of sp³-hybridized carbons (Fsp3) is 0.345. The van der Waals surface area contributed by atoms with Crippen molar-refractivity contribution in [1.29, 1.82) is 0 Å². The van der Waals surface area contributed by atoms with Gasteiger partial charge in [0.15, 0.2) is 0 Å². The quantitative estimate of drug-likeness (QED) is 0.353. The number of hydrogen-bond donors (Lipinski definition) is 3. The van der Waals surface area contributed by atoms with Crippen molar-refractivity contribution >= 4 is 23.6 Å². The number of amides is 2. The van der Waals surface area contributed by atoms with E-state index >= 15 is 0 Å². The van der Waals surface area contributed by atoms with Gasteiger partial charge in [-0.3, -0.25) is 9.59 Å². The molecule has 1 heterocycles. The molecule has 3 rings (SSSR count). The lowest BCUT2D eigenvalue weighted by Gasteiger charge is -2.20. The van der Waals surface area contributed by atoms with Crippen LogP contribution < -0.4 is 21.6 Å². The van der Waals surface area contributed by atoms with Crippen LogP contribution >= 0.6 is 11.6 Å². The first-order valence-corrected chi connectivity index (χ1v) is 12.9. The second-order valence-corrected chi connectivity index (χ2v) is 10.6. The third-order valence-corrected chi connectivity index (χ3v) is 6.02. The molecule has 2 aromatic carbocycles. The van der Waals surface area contributed by atoms with Crippen LogP contribution in [0.3, 0.4) is 0 Å². The summed E-state index contributed by atoms with van der Waals surface area (Å²) in [6.07, 6.45) is 1.85. The maximum atomic E-state index is 13.0. The summed E-state index contributed by atoms with van der Waals surface area (Å²) in [7, 11) is 0. The summed E-state index contributed by atoms with van der Waals surface area (Å²) in [6, 6.07) is 17.0. The molecular formula is C29H35ClN4O4. The summed E-state index contributed by atoms with van der Waals surface area (Å²) >= 11 is 6.17. The van der Waals surface area contributed by atoms with E-state index in [1.165, 1.54) is 10.2 Å². The lowest BCUT2D eigenvalue weighted by Crippen LogP contribution is -2.40. The molecule has 0 aliphatic heterocycles. The molecule has 0 radical (unpaired) electrons. The Morgan fingerprint density at radius 3 is 2.47 bits per heavy atom. The zero-order valence-electron chi connectivity index (χ0n) is 22.3. The lowest BCUT2D eigenvalue weighted by molar-refractivity contribution is -0.120. The molecule has 9 heteroatoms. The molecule has 0 bridgehead atoms. The molecule has 0 spiro atoms. The van der Waals surface area contributed by atoms with E-state index in [1.807, 2.05) is 64.1 Å². The Morgan fingerprint density at radius 2 is 1.76 bits per heavy atom. The number of benzene rings is 2. The van der Waals surface area contributed by atoms with Gasteiger partial charge in [0, 0.05) is 35.4 Å². The van der Waals surface area contributed by atoms with Crippen molar-refractivity contribution in [2.45, 2.75) is 59.2 Å². The van der Waals surface area contributed by atoms with E-state index in [4.69, 9.17) is 16.3 Å². The number of pyridine rings is 1. The van der Waals surface area contributed by atoms with Gasteiger partial charge >= 0.3 is 6.09 Å². The Balaban J connectivity index is 1.60. The van der Waals surface area contributed by atoms with E-state index in [0.29, 0.717) is 17.1 Å². The van der Waals surface area contributed by atoms with Crippen LogP contribution in [-0.2, 0) is 35.5 Å². The Kier molecular flexibility index (Phi) is 9.96. The summed E-state index contributed by atoms with van der Waals surface area (Å²) in [5.74, 6) is -0.301. The minimum absolute atomic E-state index is 0.0292. The van der Waals surface area contributed by atoms with Crippen molar-refractivity contribution in [2.24, 2.45) is 0 Å². The third-order valence-electron chi connectivity index (χ3n) is 5.78. The Labute approximate surface area is 228 Å². The SMILES string of the molecule is Cc1ccn(NCCc2ccccc2)c(=O)c1CC(=O)NCc1cc(Cl)ccc1COC(=O)NC(C)(C)C. The molecule has 0 fully saturated rings. The number of aromatic nitrogens is 1. The summed E-state index contributed by atoms with van der Waals surface area (Å²) in [6.45, 7) is 8.18. The average molecular weight is 539 g/mol. The normalized spacial score (nSPS) is 11.1. The van der Waals surface area contributed by atoms with Gasteiger partial charge in [0.2, 0.25) is 5.91 Å². The fourth-order valence-electron chi connectivity index (χ4n) is 3.78. The van der Waals surface area contributed by atoms with Gasteiger partial charge in [0.25, 0.3) is 5.56 Å². The van der Waals surface area contributed by atoms with Crippen molar-refractivity contribution in [2.75, 3.05) is 12.0 Å². The second kappa shape index (κ2) is 13.1. The number of alkyl carbamates (subject to hydrolysis) is 1. The minimum Gasteiger partial charge on any atom is -0.445 e. The first kappa shape index (κ1) is 28.8. The van der Waals surface area contributed by atoms with Gasteiger partial charge in [-0.2, -0.15) is 0 Å². The molecule has 0 atom stereocenters. The van der Waals surface area contributed by atoms with Crippen molar-refractivity contribution < 1.29 is 14.3 Å². The van der Waals surface area contributed by atoms with Crippen LogP contribution in [0.2, 0.25) is 5.02 Å². The van der Waals surface area contributed by atoms with Gasteiger partial charge in [0.05, 0.1) is 6.42 Å². The molecule has 2 amide bonds. The van der Waals surface area contributed by atoms with Gasteiger partial charge in [0.1, 0.15) is 6.61 Å². The molecule has 0 aliphatic carbocycles. The molecule has 0 aliphatic rings. The van der Waals surface area contributed by atoms with Crippen LogP contribution in [0.15, 0.2) is 65.6 Å². The third kappa shape index (κ3) is 8.95. The topological polar surface area (TPSA) is 101 Å². The van der Waals surface area contributed by atoms with E-state index in [0.717, 1.165) is 23.1 Å². The van der Waals surface area contributed by atoms with E-state index in [2.05, 4.69) is 16.1 Å². The highest BCUT2D eigenvalue weighted by Crippen LogP contribution is 2.17. The fourth-order valence-corrected chi connectivity index (χ4v) is 3.97.